The first kappa shape index (κ1) is 17.3. The summed E-state index contributed by atoms with van der Waals surface area (Å²) in [5, 5.41) is 16.8. The number of hydrogen-bond acceptors (Lipinski definition) is 5. The molecule has 0 radical (unpaired) electrons. The van der Waals surface area contributed by atoms with E-state index < -0.39 is 0 Å². The van der Waals surface area contributed by atoms with Crippen LogP contribution < -0.4 is 5.32 Å². The lowest BCUT2D eigenvalue weighted by molar-refractivity contribution is 0.0950. The summed E-state index contributed by atoms with van der Waals surface area (Å²) >= 11 is 0. The fourth-order valence-electron chi connectivity index (χ4n) is 2.95. The molecule has 1 aliphatic rings. The van der Waals surface area contributed by atoms with Crippen LogP contribution in [0.2, 0.25) is 0 Å². The van der Waals surface area contributed by atoms with E-state index in [1.54, 1.807) is 24.1 Å². The van der Waals surface area contributed by atoms with Crippen LogP contribution in [0.4, 0.5) is 0 Å². The minimum absolute atomic E-state index is 0.189. The average molecular weight is 341 g/mol. The molecule has 1 unspecified atom stereocenters. The van der Waals surface area contributed by atoms with Crippen molar-refractivity contribution in [1.82, 2.24) is 25.0 Å². The van der Waals surface area contributed by atoms with Crippen LogP contribution in [0.25, 0.3) is 6.08 Å². The minimum Gasteiger partial charge on any atom is -0.392 e. The van der Waals surface area contributed by atoms with E-state index in [0.29, 0.717) is 25.3 Å². The Labute approximate surface area is 147 Å². The van der Waals surface area contributed by atoms with Gasteiger partial charge in [-0.1, -0.05) is 18.2 Å². The number of amides is 1. The number of carbonyl (C=O) groups is 1. The van der Waals surface area contributed by atoms with Gasteiger partial charge in [-0.2, -0.15) is 5.10 Å². The van der Waals surface area contributed by atoms with Crippen molar-refractivity contribution in [3.05, 3.63) is 53.6 Å². The molecule has 3 heterocycles. The average Bonchev–Trinajstić information content (AvgIpc) is 3.18. The van der Waals surface area contributed by atoms with Crippen molar-refractivity contribution >= 4 is 12.0 Å². The second kappa shape index (κ2) is 8.04. The standard InChI is InChI=1S/C18H23N5O2/c1-22-11-15(12-23-9-6-16(24)13-23)17(21-22)18(25)20-8-3-5-14-4-2-7-19-10-14/h2-5,7,10-11,16,24H,6,8-9,12-13H2,1H3,(H,20,25)/b5-3+. The third-order valence-corrected chi connectivity index (χ3v) is 4.14. The number of hydrogen-bond donors (Lipinski definition) is 2. The minimum atomic E-state index is -0.272. The molecule has 1 aliphatic heterocycles. The summed E-state index contributed by atoms with van der Waals surface area (Å²) in [6, 6.07) is 3.82. The number of rotatable bonds is 6. The molecule has 3 rings (SSSR count). The summed E-state index contributed by atoms with van der Waals surface area (Å²) in [5.74, 6) is -0.189. The zero-order valence-electron chi connectivity index (χ0n) is 14.3. The molecule has 2 N–H and O–H groups in total. The Balaban J connectivity index is 1.57. The lowest BCUT2D eigenvalue weighted by Gasteiger charge is -2.14. The summed E-state index contributed by atoms with van der Waals surface area (Å²) in [6.07, 6.45) is 9.66. The number of likely N-dealkylation sites (tertiary alicyclic amines) is 1. The molecule has 0 spiro atoms. The number of aromatic nitrogens is 3. The summed E-state index contributed by atoms with van der Waals surface area (Å²) in [7, 11) is 1.81. The van der Waals surface area contributed by atoms with Crippen molar-refractivity contribution in [2.75, 3.05) is 19.6 Å². The van der Waals surface area contributed by atoms with E-state index in [-0.39, 0.29) is 12.0 Å². The van der Waals surface area contributed by atoms with Crippen LogP contribution in [0.1, 0.15) is 28.0 Å². The molecule has 7 nitrogen and oxygen atoms in total. The maximum atomic E-state index is 12.4. The molecule has 25 heavy (non-hydrogen) atoms. The van der Waals surface area contributed by atoms with Gasteiger partial charge in [-0.25, -0.2) is 0 Å². The molecule has 2 aromatic rings. The second-order valence-corrected chi connectivity index (χ2v) is 6.25. The summed E-state index contributed by atoms with van der Waals surface area (Å²) in [6.45, 7) is 2.53. The smallest absolute Gasteiger partial charge is 0.272 e. The summed E-state index contributed by atoms with van der Waals surface area (Å²) < 4.78 is 1.65. The Morgan fingerprint density at radius 1 is 1.52 bits per heavy atom. The van der Waals surface area contributed by atoms with Crippen LogP contribution in [-0.2, 0) is 13.6 Å². The number of aliphatic hydroxyl groups is 1. The molecular formula is C18H23N5O2. The van der Waals surface area contributed by atoms with Crippen LogP contribution in [0.5, 0.6) is 0 Å². The van der Waals surface area contributed by atoms with E-state index in [0.717, 1.165) is 24.1 Å². The van der Waals surface area contributed by atoms with Gasteiger partial charge in [0.1, 0.15) is 0 Å². The first-order valence-electron chi connectivity index (χ1n) is 8.39. The van der Waals surface area contributed by atoms with Gasteiger partial charge in [0.15, 0.2) is 5.69 Å². The largest absolute Gasteiger partial charge is 0.392 e. The normalized spacial score (nSPS) is 18.1. The lowest BCUT2D eigenvalue weighted by atomic mass is 10.2. The number of aliphatic hydroxyl groups excluding tert-OH is 1. The predicted molar refractivity (Wildman–Crippen MR) is 94.7 cm³/mol. The molecule has 0 aliphatic carbocycles. The monoisotopic (exact) mass is 341 g/mol. The van der Waals surface area contributed by atoms with Crippen LogP contribution in [-0.4, -0.2) is 56.4 Å². The van der Waals surface area contributed by atoms with Gasteiger partial charge in [-0.05, 0) is 18.1 Å². The van der Waals surface area contributed by atoms with Crippen molar-refractivity contribution < 1.29 is 9.90 Å². The van der Waals surface area contributed by atoms with E-state index in [1.165, 1.54) is 0 Å². The Kier molecular flexibility index (Phi) is 5.57. The van der Waals surface area contributed by atoms with Crippen LogP contribution in [0, 0.1) is 0 Å². The quantitative estimate of drug-likeness (QED) is 0.813. The van der Waals surface area contributed by atoms with Gasteiger partial charge in [0.25, 0.3) is 5.91 Å². The molecule has 132 valence electrons. The van der Waals surface area contributed by atoms with Crippen molar-refractivity contribution in [1.29, 1.82) is 0 Å². The molecule has 1 atom stereocenters. The van der Waals surface area contributed by atoms with Gasteiger partial charge >= 0.3 is 0 Å². The van der Waals surface area contributed by atoms with Gasteiger partial charge < -0.3 is 10.4 Å². The first-order valence-corrected chi connectivity index (χ1v) is 8.39. The van der Waals surface area contributed by atoms with Crippen molar-refractivity contribution in [3.63, 3.8) is 0 Å². The lowest BCUT2D eigenvalue weighted by Crippen LogP contribution is -2.27. The molecule has 1 amide bonds. The van der Waals surface area contributed by atoms with Crippen molar-refractivity contribution in [2.45, 2.75) is 19.1 Å². The number of carbonyl (C=O) groups excluding carboxylic acids is 1. The predicted octanol–water partition coefficient (Wildman–Crippen LogP) is 0.825. The van der Waals surface area contributed by atoms with Crippen LogP contribution in [0.15, 0.2) is 36.8 Å². The highest BCUT2D eigenvalue weighted by molar-refractivity contribution is 5.93. The van der Waals surface area contributed by atoms with Gasteiger partial charge in [-0.3, -0.25) is 19.4 Å². The molecule has 0 aromatic carbocycles. The Hall–Kier alpha value is -2.51. The number of aryl methyl sites for hydroxylation is 1. The highest BCUT2D eigenvalue weighted by Crippen LogP contribution is 2.15. The van der Waals surface area contributed by atoms with Gasteiger partial charge in [0.05, 0.1) is 6.10 Å². The van der Waals surface area contributed by atoms with Crippen molar-refractivity contribution in [2.24, 2.45) is 7.05 Å². The summed E-state index contributed by atoms with van der Waals surface area (Å²) in [4.78, 5) is 18.6. The Morgan fingerprint density at radius 2 is 2.40 bits per heavy atom. The highest BCUT2D eigenvalue weighted by Gasteiger charge is 2.23. The Morgan fingerprint density at radius 3 is 3.12 bits per heavy atom. The zero-order chi connectivity index (χ0) is 17.6. The van der Waals surface area contributed by atoms with E-state index in [2.05, 4.69) is 20.3 Å². The van der Waals surface area contributed by atoms with Gasteiger partial charge in [-0.15, -0.1) is 0 Å². The second-order valence-electron chi connectivity index (χ2n) is 6.25. The molecular weight excluding hydrogens is 318 g/mol. The van der Waals surface area contributed by atoms with E-state index in [1.807, 2.05) is 30.5 Å². The maximum Gasteiger partial charge on any atom is 0.272 e. The molecule has 1 fully saturated rings. The topological polar surface area (TPSA) is 83.3 Å². The maximum absolute atomic E-state index is 12.4. The highest BCUT2D eigenvalue weighted by atomic mass is 16.3. The third kappa shape index (κ3) is 4.74. The molecule has 0 bridgehead atoms. The number of pyridine rings is 1. The number of β-amino-alcohol motifs (C(OH)–C–C–N with tert-alkyl or cyclic N) is 1. The van der Waals surface area contributed by atoms with E-state index in [9.17, 15) is 9.90 Å². The van der Waals surface area contributed by atoms with Gasteiger partial charge in [0.2, 0.25) is 0 Å². The fourth-order valence-corrected chi connectivity index (χ4v) is 2.95. The SMILES string of the molecule is Cn1cc(CN2CCC(O)C2)c(C(=O)NC/C=C/c2cccnc2)n1. The first-order chi connectivity index (χ1) is 12.1. The van der Waals surface area contributed by atoms with Crippen molar-refractivity contribution in [3.8, 4) is 0 Å². The molecule has 0 saturated carbocycles. The molecule has 1 saturated heterocycles. The third-order valence-electron chi connectivity index (χ3n) is 4.14. The zero-order valence-corrected chi connectivity index (χ0v) is 14.3. The van der Waals surface area contributed by atoms with Crippen LogP contribution in [0.3, 0.4) is 0 Å². The fraction of sp³-hybridized carbons (Fsp3) is 0.389. The van der Waals surface area contributed by atoms with Crippen LogP contribution >= 0.6 is 0 Å². The van der Waals surface area contributed by atoms with E-state index in [4.69, 9.17) is 0 Å². The Bertz CT molecular complexity index is 741. The number of nitrogens with zero attached hydrogens (tertiary/aromatic N) is 4. The number of nitrogens with one attached hydrogen (secondary N) is 1. The molecule has 7 heteroatoms. The summed E-state index contributed by atoms with van der Waals surface area (Å²) in [5.41, 5.74) is 2.31. The van der Waals surface area contributed by atoms with Gasteiger partial charge in [0, 0.05) is 57.4 Å². The molecule has 2 aromatic heterocycles. The van der Waals surface area contributed by atoms with E-state index >= 15 is 0 Å².